The van der Waals surface area contributed by atoms with Gasteiger partial charge >= 0.3 is 0 Å². The first kappa shape index (κ1) is 15.9. The highest BCUT2D eigenvalue weighted by Gasteiger charge is 2.10. The number of nitrogens with one attached hydrogen (secondary N) is 2. The fourth-order valence-electron chi connectivity index (χ4n) is 2.50. The van der Waals surface area contributed by atoms with E-state index in [-0.39, 0.29) is 11.9 Å². The lowest BCUT2D eigenvalue weighted by Crippen LogP contribution is -2.40. The van der Waals surface area contributed by atoms with E-state index in [0.29, 0.717) is 24.3 Å². The first-order valence-corrected chi connectivity index (χ1v) is 7.78. The molecule has 6 nitrogen and oxygen atoms in total. The predicted octanol–water partition coefficient (Wildman–Crippen LogP) is 1.66. The Kier molecular flexibility index (Phi) is 4.98. The molecule has 2 heterocycles. The average molecular weight is 321 g/mol. The Labute approximate surface area is 139 Å². The molecule has 122 valence electrons. The number of nitrogens with zero attached hydrogens (tertiary/aromatic N) is 2. The quantitative estimate of drug-likeness (QED) is 0.602. The molecular formula is C18H19N5O. The van der Waals surface area contributed by atoms with E-state index in [1.165, 1.54) is 6.08 Å². The summed E-state index contributed by atoms with van der Waals surface area (Å²) >= 11 is 0. The van der Waals surface area contributed by atoms with Crippen molar-refractivity contribution in [1.29, 1.82) is 0 Å². The molecule has 2 aromatic heterocycles. The lowest BCUT2D eigenvalue weighted by atomic mass is 10.1. The number of rotatable bonds is 6. The van der Waals surface area contributed by atoms with Gasteiger partial charge < -0.3 is 11.1 Å². The van der Waals surface area contributed by atoms with Gasteiger partial charge in [0.1, 0.15) is 0 Å². The number of aromatic nitrogens is 3. The molecule has 0 radical (unpaired) electrons. The highest BCUT2D eigenvalue weighted by atomic mass is 16.1. The summed E-state index contributed by atoms with van der Waals surface area (Å²) in [6.07, 6.45) is 5.53. The Morgan fingerprint density at radius 1 is 1.25 bits per heavy atom. The van der Waals surface area contributed by atoms with Gasteiger partial charge in [0.15, 0.2) is 5.65 Å². The molecule has 1 aromatic carbocycles. The largest absolute Gasteiger partial charge is 0.348 e. The Hall–Kier alpha value is -2.99. The molecule has 0 fully saturated rings. The molecule has 0 saturated carbocycles. The maximum absolute atomic E-state index is 12.1. The molecule has 0 spiro atoms. The van der Waals surface area contributed by atoms with Gasteiger partial charge in [0.2, 0.25) is 5.91 Å². The first-order valence-electron chi connectivity index (χ1n) is 7.78. The molecule has 24 heavy (non-hydrogen) atoms. The van der Waals surface area contributed by atoms with Crippen LogP contribution in [0.15, 0.2) is 54.7 Å². The minimum absolute atomic E-state index is 0.109. The van der Waals surface area contributed by atoms with E-state index in [9.17, 15) is 4.79 Å². The fraction of sp³-hybridized carbons (Fsp3) is 0.167. The number of hydrogen-bond donors (Lipinski definition) is 3. The number of amides is 1. The molecule has 0 aliphatic carbocycles. The topological polar surface area (TPSA) is 96.7 Å². The van der Waals surface area contributed by atoms with Crippen molar-refractivity contribution in [2.45, 2.75) is 12.5 Å². The molecule has 0 saturated heterocycles. The van der Waals surface area contributed by atoms with Crippen LogP contribution >= 0.6 is 0 Å². The van der Waals surface area contributed by atoms with Crippen LogP contribution in [-0.2, 0) is 11.2 Å². The van der Waals surface area contributed by atoms with Gasteiger partial charge in [-0.2, -0.15) is 5.10 Å². The van der Waals surface area contributed by atoms with Crippen LogP contribution in [0.1, 0.15) is 11.3 Å². The molecule has 0 bridgehead atoms. The Balaban J connectivity index is 1.63. The number of hydrogen-bond acceptors (Lipinski definition) is 4. The highest BCUT2D eigenvalue weighted by molar-refractivity contribution is 5.94. The molecular weight excluding hydrogens is 302 g/mol. The second kappa shape index (κ2) is 7.52. The van der Waals surface area contributed by atoms with Gasteiger partial charge in [-0.1, -0.05) is 30.3 Å². The van der Waals surface area contributed by atoms with Gasteiger partial charge in [-0.15, -0.1) is 0 Å². The second-order valence-corrected chi connectivity index (χ2v) is 5.47. The number of nitrogens with two attached hydrogens (primary N) is 1. The molecule has 1 amide bonds. The van der Waals surface area contributed by atoms with Gasteiger partial charge in [0.05, 0.1) is 5.69 Å². The van der Waals surface area contributed by atoms with Crippen LogP contribution in [0.4, 0.5) is 0 Å². The molecule has 3 rings (SSSR count). The predicted molar refractivity (Wildman–Crippen MR) is 94.1 cm³/mol. The lowest BCUT2D eigenvalue weighted by molar-refractivity contribution is -0.117. The number of H-pyrrole nitrogens is 1. The minimum Gasteiger partial charge on any atom is -0.348 e. The van der Waals surface area contributed by atoms with E-state index in [4.69, 9.17) is 5.73 Å². The van der Waals surface area contributed by atoms with Crippen LogP contribution in [0.25, 0.3) is 17.1 Å². The van der Waals surface area contributed by atoms with E-state index in [1.807, 2.05) is 42.5 Å². The zero-order chi connectivity index (χ0) is 16.8. The van der Waals surface area contributed by atoms with Crippen molar-refractivity contribution in [3.05, 3.63) is 66.0 Å². The maximum Gasteiger partial charge on any atom is 0.244 e. The number of carbonyl (C=O) groups is 1. The second-order valence-electron chi connectivity index (χ2n) is 5.47. The summed E-state index contributed by atoms with van der Waals surface area (Å²) < 4.78 is 0. The Morgan fingerprint density at radius 2 is 2.08 bits per heavy atom. The lowest BCUT2D eigenvalue weighted by Gasteiger charge is -2.15. The minimum atomic E-state index is -0.193. The standard InChI is InChI=1S/C18H19N5O/c19-12-14(11-13-5-2-1-3-6-13)21-17(24)9-8-16-15-7-4-10-20-18(15)23-22-16/h1-10,14H,11-12,19H2,(H,21,24)(H,20,22,23)/b9-8+/t14-/m0/s1. The van der Waals surface area contributed by atoms with Crippen LogP contribution in [0.3, 0.4) is 0 Å². The molecule has 4 N–H and O–H groups in total. The van der Waals surface area contributed by atoms with Crippen molar-refractivity contribution in [3.63, 3.8) is 0 Å². The zero-order valence-corrected chi connectivity index (χ0v) is 13.1. The number of fused-ring (bicyclic) bond motifs is 1. The van der Waals surface area contributed by atoms with E-state index in [2.05, 4.69) is 20.5 Å². The summed E-state index contributed by atoms with van der Waals surface area (Å²) in [5.74, 6) is -0.193. The van der Waals surface area contributed by atoms with Crippen LogP contribution < -0.4 is 11.1 Å². The fourth-order valence-corrected chi connectivity index (χ4v) is 2.50. The van der Waals surface area contributed by atoms with Crippen molar-refractivity contribution in [3.8, 4) is 0 Å². The third-order valence-corrected chi connectivity index (χ3v) is 3.71. The molecule has 0 aliphatic rings. The van der Waals surface area contributed by atoms with E-state index in [1.54, 1.807) is 12.3 Å². The van der Waals surface area contributed by atoms with Crippen molar-refractivity contribution in [1.82, 2.24) is 20.5 Å². The summed E-state index contributed by atoms with van der Waals surface area (Å²) in [5, 5.41) is 10.8. The van der Waals surface area contributed by atoms with Gasteiger partial charge in [-0.3, -0.25) is 9.89 Å². The zero-order valence-electron chi connectivity index (χ0n) is 13.1. The number of aromatic amines is 1. The van der Waals surface area contributed by atoms with Crippen LogP contribution in [0.5, 0.6) is 0 Å². The van der Waals surface area contributed by atoms with Crippen molar-refractivity contribution in [2.75, 3.05) is 6.54 Å². The summed E-state index contributed by atoms with van der Waals surface area (Å²) in [5.41, 5.74) is 8.29. The molecule has 0 unspecified atom stereocenters. The Bertz CT molecular complexity index is 841. The van der Waals surface area contributed by atoms with E-state index in [0.717, 1.165) is 10.9 Å². The number of benzene rings is 1. The van der Waals surface area contributed by atoms with Gasteiger partial charge in [-0.05, 0) is 30.2 Å². The normalized spacial score (nSPS) is 12.5. The van der Waals surface area contributed by atoms with Gasteiger partial charge in [0.25, 0.3) is 0 Å². The number of carbonyl (C=O) groups excluding carboxylic acids is 1. The molecule has 0 aliphatic heterocycles. The third kappa shape index (κ3) is 3.85. The monoisotopic (exact) mass is 321 g/mol. The summed E-state index contributed by atoms with van der Waals surface area (Å²) in [4.78, 5) is 16.3. The van der Waals surface area contributed by atoms with Crippen molar-refractivity contribution < 1.29 is 4.79 Å². The first-order chi connectivity index (χ1) is 11.8. The van der Waals surface area contributed by atoms with Crippen molar-refractivity contribution >= 4 is 23.0 Å². The summed E-state index contributed by atoms with van der Waals surface area (Å²) in [7, 11) is 0. The molecule has 1 atom stereocenters. The van der Waals surface area contributed by atoms with Gasteiger partial charge in [-0.25, -0.2) is 4.98 Å². The van der Waals surface area contributed by atoms with E-state index >= 15 is 0 Å². The summed E-state index contributed by atoms with van der Waals surface area (Å²) in [6, 6.07) is 13.6. The molecule has 3 aromatic rings. The average Bonchev–Trinajstić information content (AvgIpc) is 3.03. The van der Waals surface area contributed by atoms with Crippen LogP contribution in [-0.4, -0.2) is 33.7 Å². The maximum atomic E-state index is 12.1. The Morgan fingerprint density at radius 3 is 2.88 bits per heavy atom. The van der Waals surface area contributed by atoms with Crippen LogP contribution in [0.2, 0.25) is 0 Å². The van der Waals surface area contributed by atoms with Crippen molar-refractivity contribution in [2.24, 2.45) is 5.73 Å². The van der Waals surface area contributed by atoms with Gasteiger partial charge in [0, 0.05) is 30.2 Å². The van der Waals surface area contributed by atoms with Crippen LogP contribution in [0, 0.1) is 0 Å². The molecule has 6 heteroatoms. The van der Waals surface area contributed by atoms with E-state index < -0.39 is 0 Å². The SMILES string of the molecule is NC[C@H](Cc1ccccc1)NC(=O)/C=C/c1n[nH]c2ncccc12. The number of pyridine rings is 1. The smallest absolute Gasteiger partial charge is 0.244 e. The highest BCUT2D eigenvalue weighted by Crippen LogP contribution is 2.13. The summed E-state index contributed by atoms with van der Waals surface area (Å²) in [6.45, 7) is 0.379. The third-order valence-electron chi connectivity index (χ3n) is 3.71.